The average molecular weight is 416 g/mol. The highest BCUT2D eigenvalue weighted by atomic mass is 79.9. The highest BCUT2D eigenvalue weighted by Gasteiger charge is 2.13. The Morgan fingerprint density at radius 1 is 1.15 bits per heavy atom. The van der Waals surface area contributed by atoms with E-state index in [0.717, 1.165) is 26.9 Å². The van der Waals surface area contributed by atoms with Crippen LogP contribution in [-0.4, -0.2) is 18.5 Å². The Labute approximate surface area is 162 Å². The molecule has 2 rings (SSSR count). The number of anilines is 1. The van der Waals surface area contributed by atoms with Crippen molar-refractivity contribution in [2.24, 2.45) is 0 Å². The Kier molecular flexibility index (Phi) is 7.16. The lowest BCUT2D eigenvalue weighted by Crippen LogP contribution is -2.21. The summed E-state index contributed by atoms with van der Waals surface area (Å²) in [6.07, 6.45) is 2.95. The molecular weight excluding hydrogens is 394 g/mol. The second kappa shape index (κ2) is 9.34. The molecule has 0 fully saturated rings. The molecule has 0 unspecified atom stereocenters. The van der Waals surface area contributed by atoms with Crippen molar-refractivity contribution in [3.05, 3.63) is 69.7 Å². The fourth-order valence-corrected chi connectivity index (χ4v) is 2.71. The molecule has 1 N–H and O–H groups in total. The van der Waals surface area contributed by atoms with E-state index in [1.54, 1.807) is 6.08 Å². The highest BCUT2D eigenvalue weighted by Crippen LogP contribution is 2.27. The number of hydrogen-bond acceptors (Lipinski definition) is 3. The van der Waals surface area contributed by atoms with Crippen molar-refractivity contribution in [2.45, 2.75) is 26.7 Å². The van der Waals surface area contributed by atoms with Gasteiger partial charge in [0, 0.05) is 16.2 Å². The molecule has 0 aliphatic heterocycles. The first-order chi connectivity index (χ1) is 12.4. The van der Waals surface area contributed by atoms with Crippen molar-refractivity contribution in [1.82, 2.24) is 0 Å². The number of amides is 1. The number of ether oxygens (including phenoxy) is 1. The van der Waals surface area contributed by atoms with E-state index < -0.39 is 5.97 Å². The molecule has 1 amide bonds. The van der Waals surface area contributed by atoms with Crippen molar-refractivity contribution in [3.63, 3.8) is 0 Å². The molecule has 0 aliphatic carbocycles. The average Bonchev–Trinajstić information content (AvgIpc) is 2.61. The molecule has 0 spiro atoms. The summed E-state index contributed by atoms with van der Waals surface area (Å²) in [6.45, 7) is 5.75. The van der Waals surface area contributed by atoms with Crippen LogP contribution < -0.4 is 5.32 Å². The molecular formula is C21H22BrNO3. The molecule has 0 aliphatic rings. The van der Waals surface area contributed by atoms with Crippen molar-refractivity contribution in [3.8, 4) is 0 Å². The van der Waals surface area contributed by atoms with Crippen molar-refractivity contribution in [2.75, 3.05) is 11.9 Å². The molecule has 0 saturated carbocycles. The molecule has 2 aromatic carbocycles. The number of halogens is 1. The number of para-hydroxylation sites is 1. The summed E-state index contributed by atoms with van der Waals surface area (Å²) in [5.74, 6) is -0.634. The zero-order chi connectivity index (χ0) is 19.1. The van der Waals surface area contributed by atoms with Gasteiger partial charge in [0.1, 0.15) is 0 Å². The number of benzene rings is 2. The third kappa shape index (κ3) is 5.85. The van der Waals surface area contributed by atoms with E-state index in [1.165, 1.54) is 6.08 Å². The monoisotopic (exact) mass is 415 g/mol. The first-order valence-corrected chi connectivity index (χ1v) is 9.16. The topological polar surface area (TPSA) is 55.4 Å². The van der Waals surface area contributed by atoms with E-state index in [-0.39, 0.29) is 18.4 Å². The second-order valence-corrected chi connectivity index (χ2v) is 7.15. The molecule has 136 valence electrons. The van der Waals surface area contributed by atoms with Crippen LogP contribution in [0.5, 0.6) is 0 Å². The third-order valence-corrected chi connectivity index (χ3v) is 4.35. The van der Waals surface area contributed by atoms with E-state index in [1.807, 2.05) is 49.4 Å². The van der Waals surface area contributed by atoms with E-state index in [2.05, 4.69) is 35.1 Å². The number of carbonyl (C=O) groups is 2. The molecule has 0 atom stereocenters. The Morgan fingerprint density at radius 2 is 1.85 bits per heavy atom. The van der Waals surface area contributed by atoms with Gasteiger partial charge in [0.15, 0.2) is 6.61 Å². The van der Waals surface area contributed by atoms with Crippen LogP contribution in [0.4, 0.5) is 5.69 Å². The van der Waals surface area contributed by atoms with E-state index in [4.69, 9.17) is 4.74 Å². The summed E-state index contributed by atoms with van der Waals surface area (Å²) in [5.41, 5.74) is 3.69. The van der Waals surface area contributed by atoms with Gasteiger partial charge in [-0.1, -0.05) is 60.1 Å². The van der Waals surface area contributed by atoms with Crippen LogP contribution in [0.1, 0.15) is 36.5 Å². The molecule has 0 heterocycles. The van der Waals surface area contributed by atoms with E-state index in [9.17, 15) is 9.59 Å². The van der Waals surface area contributed by atoms with Gasteiger partial charge in [-0.15, -0.1) is 0 Å². The molecule has 0 bridgehead atoms. The predicted molar refractivity (Wildman–Crippen MR) is 108 cm³/mol. The lowest BCUT2D eigenvalue weighted by molar-refractivity contribution is -0.142. The largest absolute Gasteiger partial charge is 0.452 e. The number of carbonyl (C=O) groups excluding carboxylic acids is 2. The minimum Gasteiger partial charge on any atom is -0.452 e. The maximum atomic E-state index is 12.1. The number of rotatable bonds is 6. The quantitative estimate of drug-likeness (QED) is 0.528. The van der Waals surface area contributed by atoms with Gasteiger partial charge in [0.05, 0.1) is 0 Å². The van der Waals surface area contributed by atoms with Gasteiger partial charge in [-0.3, -0.25) is 4.79 Å². The summed E-state index contributed by atoms with van der Waals surface area (Å²) >= 11 is 3.35. The Morgan fingerprint density at radius 3 is 2.50 bits per heavy atom. The number of esters is 1. The Balaban J connectivity index is 1.91. The van der Waals surface area contributed by atoms with Crippen LogP contribution in [0.15, 0.2) is 53.0 Å². The van der Waals surface area contributed by atoms with Gasteiger partial charge in [0.25, 0.3) is 5.91 Å². The van der Waals surface area contributed by atoms with Crippen LogP contribution in [0.2, 0.25) is 0 Å². The molecule has 5 heteroatoms. The van der Waals surface area contributed by atoms with Gasteiger partial charge in [-0.2, -0.15) is 0 Å². The summed E-state index contributed by atoms with van der Waals surface area (Å²) in [4.78, 5) is 23.9. The highest BCUT2D eigenvalue weighted by molar-refractivity contribution is 9.10. The first kappa shape index (κ1) is 19.9. The summed E-state index contributed by atoms with van der Waals surface area (Å²) in [6, 6.07) is 13.4. The SMILES string of the molecule is Cc1cccc(C(C)C)c1NC(=O)COC(=O)/C=C/c1ccc(Br)cc1. The molecule has 4 nitrogen and oxygen atoms in total. The lowest BCUT2D eigenvalue weighted by atomic mass is 9.98. The maximum absolute atomic E-state index is 12.1. The fourth-order valence-electron chi connectivity index (χ4n) is 2.44. The predicted octanol–water partition coefficient (Wildman–Crippen LogP) is 5.08. The van der Waals surface area contributed by atoms with Gasteiger partial charge in [-0.25, -0.2) is 4.79 Å². The number of nitrogens with one attached hydrogen (secondary N) is 1. The zero-order valence-corrected chi connectivity index (χ0v) is 16.7. The minimum atomic E-state index is -0.558. The second-order valence-electron chi connectivity index (χ2n) is 6.23. The van der Waals surface area contributed by atoms with Crippen LogP contribution in [0.3, 0.4) is 0 Å². The molecule has 0 radical (unpaired) electrons. The summed E-state index contributed by atoms with van der Waals surface area (Å²) in [7, 11) is 0. The van der Waals surface area contributed by atoms with Gasteiger partial charge in [-0.05, 0) is 47.7 Å². The summed E-state index contributed by atoms with van der Waals surface area (Å²) in [5, 5.41) is 2.85. The van der Waals surface area contributed by atoms with Gasteiger partial charge >= 0.3 is 5.97 Å². The summed E-state index contributed by atoms with van der Waals surface area (Å²) < 4.78 is 5.98. The Bertz CT molecular complexity index is 811. The maximum Gasteiger partial charge on any atom is 0.331 e. The zero-order valence-electron chi connectivity index (χ0n) is 15.1. The smallest absolute Gasteiger partial charge is 0.331 e. The number of aryl methyl sites for hydroxylation is 1. The lowest BCUT2D eigenvalue weighted by Gasteiger charge is -2.16. The normalized spacial score (nSPS) is 11.0. The third-order valence-electron chi connectivity index (χ3n) is 3.82. The van der Waals surface area contributed by atoms with Crippen LogP contribution in [0, 0.1) is 6.92 Å². The molecule has 0 saturated heterocycles. The molecule has 26 heavy (non-hydrogen) atoms. The number of hydrogen-bond donors (Lipinski definition) is 1. The minimum absolute atomic E-state index is 0.279. The first-order valence-electron chi connectivity index (χ1n) is 8.36. The van der Waals surface area contributed by atoms with Crippen LogP contribution >= 0.6 is 15.9 Å². The van der Waals surface area contributed by atoms with Crippen LogP contribution in [-0.2, 0) is 14.3 Å². The van der Waals surface area contributed by atoms with Crippen LogP contribution in [0.25, 0.3) is 6.08 Å². The van der Waals surface area contributed by atoms with Crippen molar-refractivity contribution < 1.29 is 14.3 Å². The van der Waals surface area contributed by atoms with Crippen molar-refractivity contribution >= 4 is 39.6 Å². The van der Waals surface area contributed by atoms with Crippen molar-refractivity contribution in [1.29, 1.82) is 0 Å². The molecule has 2 aromatic rings. The standard InChI is InChI=1S/C21H22BrNO3/c1-14(2)18-6-4-5-15(3)21(18)23-19(24)13-26-20(25)12-9-16-7-10-17(22)11-8-16/h4-12,14H,13H2,1-3H3,(H,23,24)/b12-9+. The molecule has 0 aromatic heterocycles. The fraction of sp³-hybridized carbons (Fsp3) is 0.238. The van der Waals surface area contributed by atoms with Gasteiger partial charge < -0.3 is 10.1 Å². The Hall–Kier alpha value is -2.40. The van der Waals surface area contributed by atoms with E-state index >= 15 is 0 Å². The van der Waals surface area contributed by atoms with E-state index in [0.29, 0.717) is 0 Å². The van der Waals surface area contributed by atoms with Gasteiger partial charge in [0.2, 0.25) is 0 Å².